The molecule has 2 rings (SSSR count). The molecule has 102 valence electrons. The Bertz CT molecular complexity index is 643. The maximum Gasteiger partial charge on any atom is 0.152 e. The lowest BCUT2D eigenvalue weighted by Crippen LogP contribution is -2.44. The van der Waals surface area contributed by atoms with Gasteiger partial charge in [0.25, 0.3) is 0 Å². The van der Waals surface area contributed by atoms with Crippen LogP contribution >= 0.6 is 0 Å². The van der Waals surface area contributed by atoms with E-state index in [0.717, 1.165) is 5.56 Å². The van der Waals surface area contributed by atoms with Crippen molar-refractivity contribution in [1.29, 1.82) is 5.26 Å². The monoisotopic (exact) mass is 279 g/mol. The van der Waals surface area contributed by atoms with E-state index in [1.807, 2.05) is 19.1 Å². The molecule has 19 heavy (non-hydrogen) atoms. The van der Waals surface area contributed by atoms with Gasteiger partial charge in [-0.05, 0) is 31.4 Å². The summed E-state index contributed by atoms with van der Waals surface area (Å²) in [6.45, 7) is 3.39. The zero-order chi connectivity index (χ0) is 14.3. The van der Waals surface area contributed by atoms with Gasteiger partial charge in [0, 0.05) is 0 Å². The lowest BCUT2D eigenvalue weighted by Gasteiger charge is -2.37. The Labute approximate surface area is 113 Å². The minimum absolute atomic E-state index is 0.0391. The van der Waals surface area contributed by atoms with E-state index in [2.05, 4.69) is 6.07 Å². The fourth-order valence-corrected chi connectivity index (χ4v) is 4.85. The summed E-state index contributed by atoms with van der Waals surface area (Å²) in [6.07, 6.45) is 0.174. The van der Waals surface area contributed by atoms with Gasteiger partial charge in [0.2, 0.25) is 0 Å². The Morgan fingerprint density at radius 1 is 1.42 bits per heavy atom. The van der Waals surface area contributed by atoms with Gasteiger partial charge >= 0.3 is 0 Å². The molecule has 0 bridgehead atoms. The molecule has 1 aromatic carbocycles. The van der Waals surface area contributed by atoms with Gasteiger partial charge in [-0.1, -0.05) is 24.3 Å². The summed E-state index contributed by atoms with van der Waals surface area (Å²) in [7, 11) is -3.25. The first-order valence-corrected chi connectivity index (χ1v) is 7.96. The number of aryl methyl sites for hydroxylation is 1. The Hall–Kier alpha value is -1.38. The van der Waals surface area contributed by atoms with Crippen LogP contribution in [0.25, 0.3) is 0 Å². The first-order chi connectivity index (χ1) is 8.74. The van der Waals surface area contributed by atoms with E-state index in [0.29, 0.717) is 5.56 Å². The molecule has 1 N–H and O–H groups in total. The number of hydrogen-bond donors (Lipinski definition) is 1. The van der Waals surface area contributed by atoms with Gasteiger partial charge in [0.15, 0.2) is 9.84 Å². The summed E-state index contributed by atoms with van der Waals surface area (Å²) in [4.78, 5) is 0. The Morgan fingerprint density at radius 2 is 2.05 bits per heavy atom. The maximum atomic E-state index is 11.7. The topological polar surface area (TPSA) is 78.2 Å². The van der Waals surface area contributed by atoms with Crippen LogP contribution in [0.15, 0.2) is 24.3 Å². The van der Waals surface area contributed by atoms with Gasteiger partial charge in [-0.25, -0.2) is 8.42 Å². The van der Waals surface area contributed by atoms with Crippen molar-refractivity contribution >= 4 is 9.84 Å². The number of nitrogens with zero attached hydrogens (tertiary/aromatic N) is 1. The second kappa shape index (κ2) is 4.32. The zero-order valence-electron chi connectivity index (χ0n) is 11.0. The fourth-order valence-electron chi connectivity index (χ4n) is 2.81. The van der Waals surface area contributed by atoms with E-state index < -0.39 is 20.9 Å². The van der Waals surface area contributed by atoms with E-state index in [4.69, 9.17) is 0 Å². The molecule has 5 heteroatoms. The molecule has 1 aliphatic rings. The van der Waals surface area contributed by atoms with E-state index in [9.17, 15) is 18.8 Å². The van der Waals surface area contributed by atoms with E-state index in [1.54, 1.807) is 19.1 Å². The van der Waals surface area contributed by atoms with E-state index >= 15 is 0 Å². The number of aliphatic hydroxyl groups is 1. The van der Waals surface area contributed by atoms with Gasteiger partial charge in [0.1, 0.15) is 11.0 Å². The highest BCUT2D eigenvalue weighted by Gasteiger charge is 2.55. The molecule has 0 aliphatic carbocycles. The molecule has 0 radical (unpaired) electrons. The molecule has 1 aromatic rings. The van der Waals surface area contributed by atoms with Crippen LogP contribution in [0.1, 0.15) is 24.5 Å². The van der Waals surface area contributed by atoms with Crippen molar-refractivity contribution in [3.8, 4) is 6.07 Å². The van der Waals surface area contributed by atoms with Gasteiger partial charge < -0.3 is 5.11 Å². The van der Waals surface area contributed by atoms with Crippen molar-refractivity contribution in [2.45, 2.75) is 25.9 Å². The van der Waals surface area contributed by atoms with Gasteiger partial charge in [-0.2, -0.15) is 5.26 Å². The zero-order valence-corrected chi connectivity index (χ0v) is 11.9. The Morgan fingerprint density at radius 3 is 2.53 bits per heavy atom. The second-order valence-electron chi connectivity index (χ2n) is 5.42. The van der Waals surface area contributed by atoms with Crippen molar-refractivity contribution in [2.75, 3.05) is 11.5 Å². The van der Waals surface area contributed by atoms with Crippen LogP contribution in [0.2, 0.25) is 0 Å². The summed E-state index contributed by atoms with van der Waals surface area (Å²) >= 11 is 0. The normalized spacial score (nSPS) is 28.5. The lowest BCUT2D eigenvalue weighted by atomic mass is 9.69. The highest BCUT2D eigenvalue weighted by atomic mass is 32.2. The number of sulfone groups is 1. The predicted molar refractivity (Wildman–Crippen MR) is 72.1 cm³/mol. The first-order valence-electron chi connectivity index (χ1n) is 6.14. The van der Waals surface area contributed by atoms with Crippen molar-refractivity contribution in [3.63, 3.8) is 0 Å². The lowest BCUT2D eigenvalue weighted by molar-refractivity contribution is -0.0328. The van der Waals surface area contributed by atoms with E-state index in [-0.39, 0.29) is 17.9 Å². The largest absolute Gasteiger partial charge is 0.384 e. The van der Waals surface area contributed by atoms with Gasteiger partial charge in [-0.15, -0.1) is 0 Å². The Balaban J connectivity index is 2.56. The SMILES string of the molecule is Cc1ccccc1C(C)(O)C1(C#N)CCS(=O)(=O)C1. The predicted octanol–water partition coefficient (Wildman–Crippen LogP) is 1.53. The summed E-state index contributed by atoms with van der Waals surface area (Å²) < 4.78 is 23.4. The average Bonchev–Trinajstić information content (AvgIpc) is 2.67. The van der Waals surface area contributed by atoms with Gasteiger partial charge in [0.05, 0.1) is 17.6 Å². The third-order valence-corrected chi connectivity index (χ3v) is 5.88. The molecule has 1 heterocycles. The molecule has 0 saturated carbocycles. The molecule has 1 aliphatic heterocycles. The third kappa shape index (κ3) is 2.15. The van der Waals surface area contributed by atoms with E-state index in [1.165, 1.54) is 0 Å². The summed E-state index contributed by atoms with van der Waals surface area (Å²) in [5.74, 6) is -0.319. The number of nitriles is 1. The van der Waals surface area contributed by atoms with Crippen LogP contribution in [-0.2, 0) is 15.4 Å². The second-order valence-corrected chi connectivity index (χ2v) is 7.61. The Kier molecular flexibility index (Phi) is 3.20. The van der Waals surface area contributed by atoms with Crippen LogP contribution in [0.3, 0.4) is 0 Å². The van der Waals surface area contributed by atoms with Crippen molar-refractivity contribution in [3.05, 3.63) is 35.4 Å². The fraction of sp³-hybridized carbons (Fsp3) is 0.500. The molecular formula is C14H17NO3S. The number of rotatable bonds is 2. The molecule has 4 nitrogen and oxygen atoms in total. The number of hydrogen-bond acceptors (Lipinski definition) is 4. The summed E-state index contributed by atoms with van der Waals surface area (Å²) in [5, 5.41) is 20.3. The van der Waals surface area contributed by atoms with Crippen molar-refractivity contribution in [2.24, 2.45) is 5.41 Å². The number of benzene rings is 1. The quantitative estimate of drug-likeness (QED) is 0.890. The maximum absolute atomic E-state index is 11.7. The minimum Gasteiger partial charge on any atom is -0.384 e. The standard InChI is InChI=1S/C14H17NO3S/c1-11-5-3-4-6-12(11)13(2,16)14(9-15)7-8-19(17,18)10-14/h3-6,16H,7-8,10H2,1-2H3. The van der Waals surface area contributed by atoms with Gasteiger partial charge in [-0.3, -0.25) is 0 Å². The molecule has 1 fully saturated rings. The molecule has 0 spiro atoms. The smallest absolute Gasteiger partial charge is 0.152 e. The molecule has 2 unspecified atom stereocenters. The third-order valence-electron chi connectivity index (χ3n) is 4.12. The molecule has 0 aromatic heterocycles. The first kappa shape index (κ1) is 14.0. The summed E-state index contributed by atoms with van der Waals surface area (Å²) in [6, 6.07) is 9.29. The minimum atomic E-state index is -3.25. The highest BCUT2D eigenvalue weighted by Crippen LogP contribution is 2.47. The molecule has 2 atom stereocenters. The molecule has 1 saturated heterocycles. The van der Waals surface area contributed by atoms with Crippen molar-refractivity contribution < 1.29 is 13.5 Å². The van der Waals surface area contributed by atoms with Crippen LogP contribution in [-0.4, -0.2) is 25.0 Å². The highest BCUT2D eigenvalue weighted by molar-refractivity contribution is 7.91. The summed E-state index contributed by atoms with van der Waals surface area (Å²) in [5.41, 5.74) is -1.27. The molecular weight excluding hydrogens is 262 g/mol. The average molecular weight is 279 g/mol. The van der Waals surface area contributed by atoms with Crippen LogP contribution < -0.4 is 0 Å². The molecule has 0 amide bonds. The van der Waals surface area contributed by atoms with Crippen LogP contribution in [0.4, 0.5) is 0 Å². The van der Waals surface area contributed by atoms with Crippen LogP contribution in [0.5, 0.6) is 0 Å². The van der Waals surface area contributed by atoms with Crippen LogP contribution in [0, 0.1) is 23.7 Å². The van der Waals surface area contributed by atoms with Crippen molar-refractivity contribution in [1.82, 2.24) is 0 Å².